The topological polar surface area (TPSA) is 52.6 Å². The second-order valence-corrected chi connectivity index (χ2v) is 5.05. The van der Waals surface area contributed by atoms with Crippen LogP contribution in [0.4, 0.5) is 4.79 Å². The van der Waals surface area contributed by atoms with E-state index < -0.39 is 18.4 Å². The Morgan fingerprint density at radius 2 is 1.62 bits per heavy atom. The second kappa shape index (κ2) is 5.58. The molecule has 1 aliphatic rings. The maximum Gasteiger partial charge on any atom is 0.509 e. The summed E-state index contributed by atoms with van der Waals surface area (Å²) in [6.07, 6.45) is -2.59. The summed E-state index contributed by atoms with van der Waals surface area (Å²) in [5.41, 5.74) is 1.14. The number of carbonyl (C=O) groups excluding carboxylic acids is 2. The van der Waals surface area contributed by atoms with Crippen LogP contribution in [0.3, 0.4) is 0 Å². The molecular formula is C16H11ClO4. The van der Waals surface area contributed by atoms with E-state index >= 15 is 0 Å². The van der Waals surface area contributed by atoms with Gasteiger partial charge in [-0.3, -0.25) is 4.79 Å². The summed E-state index contributed by atoms with van der Waals surface area (Å²) in [4.78, 5) is 23.9. The third kappa shape index (κ3) is 2.76. The molecule has 3 rings (SSSR count). The van der Waals surface area contributed by atoms with E-state index in [2.05, 4.69) is 0 Å². The Morgan fingerprint density at radius 1 is 0.952 bits per heavy atom. The highest BCUT2D eigenvalue weighted by molar-refractivity contribution is 6.30. The van der Waals surface area contributed by atoms with Crippen LogP contribution in [0.15, 0.2) is 54.6 Å². The summed E-state index contributed by atoms with van der Waals surface area (Å²) in [6.45, 7) is 0. The monoisotopic (exact) mass is 302 g/mol. The van der Waals surface area contributed by atoms with Gasteiger partial charge in [0, 0.05) is 10.6 Å². The predicted molar refractivity (Wildman–Crippen MR) is 76.3 cm³/mol. The third-order valence-electron chi connectivity index (χ3n) is 3.24. The molecule has 21 heavy (non-hydrogen) atoms. The molecule has 2 aromatic rings. The van der Waals surface area contributed by atoms with Gasteiger partial charge in [-0.25, -0.2) is 4.79 Å². The zero-order chi connectivity index (χ0) is 14.8. The minimum Gasteiger partial charge on any atom is -0.422 e. The molecule has 0 saturated carbocycles. The Morgan fingerprint density at radius 3 is 2.29 bits per heavy atom. The Balaban J connectivity index is 1.91. The van der Waals surface area contributed by atoms with Crippen molar-refractivity contribution in [2.45, 2.75) is 12.2 Å². The van der Waals surface area contributed by atoms with Crippen molar-refractivity contribution in [2.24, 2.45) is 0 Å². The summed E-state index contributed by atoms with van der Waals surface area (Å²) in [7, 11) is 0. The van der Waals surface area contributed by atoms with Crippen LogP contribution < -0.4 is 0 Å². The fourth-order valence-electron chi connectivity index (χ4n) is 2.21. The first-order valence-corrected chi connectivity index (χ1v) is 6.75. The predicted octanol–water partition coefficient (Wildman–Crippen LogP) is 3.80. The Bertz CT molecular complexity index is 666. The first kappa shape index (κ1) is 13.6. The van der Waals surface area contributed by atoms with E-state index in [-0.39, 0.29) is 5.78 Å². The number of carbonyl (C=O) groups is 2. The van der Waals surface area contributed by atoms with Gasteiger partial charge < -0.3 is 9.47 Å². The highest BCUT2D eigenvalue weighted by Crippen LogP contribution is 2.32. The summed E-state index contributed by atoms with van der Waals surface area (Å²) in [5, 5.41) is 0.565. The van der Waals surface area contributed by atoms with Crippen LogP contribution in [-0.4, -0.2) is 18.0 Å². The number of ether oxygens (including phenoxy) is 2. The van der Waals surface area contributed by atoms with Gasteiger partial charge in [-0.1, -0.05) is 54.1 Å². The molecule has 5 heteroatoms. The van der Waals surface area contributed by atoms with E-state index in [1.165, 1.54) is 0 Å². The van der Waals surface area contributed by atoms with E-state index in [9.17, 15) is 9.59 Å². The van der Waals surface area contributed by atoms with E-state index in [1.807, 2.05) is 6.07 Å². The SMILES string of the molecule is O=C1O[C@@H](C(=O)c2ccccc2)[C@H](c2ccc(Cl)cc2)O1. The van der Waals surface area contributed by atoms with Gasteiger partial charge in [-0.2, -0.15) is 0 Å². The van der Waals surface area contributed by atoms with Gasteiger partial charge in [0.05, 0.1) is 0 Å². The van der Waals surface area contributed by atoms with Gasteiger partial charge >= 0.3 is 6.16 Å². The molecular weight excluding hydrogens is 292 g/mol. The van der Waals surface area contributed by atoms with Crippen molar-refractivity contribution in [3.63, 3.8) is 0 Å². The fraction of sp³-hybridized carbons (Fsp3) is 0.125. The summed E-state index contributed by atoms with van der Waals surface area (Å²) in [6, 6.07) is 15.4. The second-order valence-electron chi connectivity index (χ2n) is 4.61. The highest BCUT2D eigenvalue weighted by Gasteiger charge is 2.42. The zero-order valence-electron chi connectivity index (χ0n) is 10.9. The first-order chi connectivity index (χ1) is 10.1. The average Bonchev–Trinajstić information content (AvgIpc) is 2.90. The summed E-state index contributed by atoms with van der Waals surface area (Å²) in [5.74, 6) is -0.290. The Hall–Kier alpha value is -2.33. The fourth-order valence-corrected chi connectivity index (χ4v) is 2.34. The van der Waals surface area contributed by atoms with Gasteiger partial charge in [0.2, 0.25) is 11.9 Å². The number of ketones is 1. The average molecular weight is 303 g/mol. The molecule has 0 aliphatic carbocycles. The zero-order valence-corrected chi connectivity index (χ0v) is 11.6. The standard InChI is InChI=1S/C16H11ClO4/c17-12-8-6-11(7-9-12)14-15(21-16(19)20-14)13(18)10-4-2-1-3-5-10/h1-9,14-15H/t14-,15-/m0/s1. The van der Waals surface area contributed by atoms with Crippen molar-refractivity contribution in [3.8, 4) is 0 Å². The maximum atomic E-state index is 12.5. The lowest BCUT2D eigenvalue weighted by molar-refractivity contribution is 0.0716. The number of Topliss-reactive ketones (excluding diaryl/α,β-unsaturated/α-hetero) is 1. The van der Waals surface area contributed by atoms with Crippen LogP contribution in [0.5, 0.6) is 0 Å². The van der Waals surface area contributed by atoms with Crippen molar-refractivity contribution in [1.82, 2.24) is 0 Å². The number of halogens is 1. The number of hydrogen-bond acceptors (Lipinski definition) is 4. The van der Waals surface area contributed by atoms with Crippen LogP contribution in [0.1, 0.15) is 22.0 Å². The van der Waals surface area contributed by atoms with Crippen molar-refractivity contribution >= 4 is 23.5 Å². The van der Waals surface area contributed by atoms with Gasteiger partial charge in [0.1, 0.15) is 0 Å². The third-order valence-corrected chi connectivity index (χ3v) is 3.49. The van der Waals surface area contributed by atoms with Crippen LogP contribution in [0, 0.1) is 0 Å². The van der Waals surface area contributed by atoms with Crippen LogP contribution in [0.2, 0.25) is 5.02 Å². The number of rotatable bonds is 3. The van der Waals surface area contributed by atoms with Crippen LogP contribution in [0.25, 0.3) is 0 Å². The smallest absolute Gasteiger partial charge is 0.422 e. The van der Waals surface area contributed by atoms with Crippen LogP contribution >= 0.6 is 11.6 Å². The molecule has 0 bridgehead atoms. The normalized spacial score (nSPS) is 20.7. The number of hydrogen-bond donors (Lipinski definition) is 0. The lowest BCUT2D eigenvalue weighted by Gasteiger charge is -2.14. The van der Waals surface area contributed by atoms with Crippen molar-refractivity contribution in [1.29, 1.82) is 0 Å². The van der Waals surface area contributed by atoms with Crippen molar-refractivity contribution in [2.75, 3.05) is 0 Å². The quantitative estimate of drug-likeness (QED) is 0.639. The van der Waals surface area contributed by atoms with E-state index in [1.54, 1.807) is 48.5 Å². The van der Waals surface area contributed by atoms with Crippen LogP contribution in [-0.2, 0) is 9.47 Å². The molecule has 1 saturated heterocycles. The minimum absolute atomic E-state index is 0.290. The molecule has 1 heterocycles. The summed E-state index contributed by atoms with van der Waals surface area (Å²) >= 11 is 5.84. The van der Waals surface area contributed by atoms with E-state index in [0.29, 0.717) is 16.1 Å². The molecule has 4 nitrogen and oxygen atoms in total. The molecule has 1 fully saturated rings. The lowest BCUT2D eigenvalue weighted by atomic mass is 9.97. The van der Waals surface area contributed by atoms with Crippen molar-refractivity contribution in [3.05, 3.63) is 70.7 Å². The molecule has 2 atom stereocenters. The Labute approximate surface area is 126 Å². The molecule has 2 aromatic carbocycles. The van der Waals surface area contributed by atoms with E-state index in [0.717, 1.165) is 0 Å². The van der Waals surface area contributed by atoms with Gasteiger partial charge in [0.25, 0.3) is 0 Å². The molecule has 0 aromatic heterocycles. The minimum atomic E-state index is -0.985. The molecule has 0 radical (unpaired) electrons. The maximum absolute atomic E-state index is 12.5. The number of benzene rings is 2. The Kier molecular flexibility index (Phi) is 3.62. The largest absolute Gasteiger partial charge is 0.509 e. The molecule has 0 amide bonds. The number of cyclic esters (lactones) is 2. The summed E-state index contributed by atoms with van der Waals surface area (Å²) < 4.78 is 10.1. The highest BCUT2D eigenvalue weighted by atomic mass is 35.5. The van der Waals surface area contributed by atoms with E-state index in [4.69, 9.17) is 21.1 Å². The lowest BCUT2D eigenvalue weighted by Crippen LogP contribution is -2.26. The molecule has 1 aliphatic heterocycles. The molecule has 106 valence electrons. The van der Waals surface area contributed by atoms with Gasteiger partial charge in [0.15, 0.2) is 6.10 Å². The van der Waals surface area contributed by atoms with Crippen molar-refractivity contribution < 1.29 is 19.1 Å². The first-order valence-electron chi connectivity index (χ1n) is 6.37. The van der Waals surface area contributed by atoms with Gasteiger partial charge in [-0.15, -0.1) is 0 Å². The molecule has 0 unspecified atom stereocenters. The van der Waals surface area contributed by atoms with Gasteiger partial charge in [-0.05, 0) is 17.7 Å². The molecule has 0 spiro atoms. The molecule has 0 N–H and O–H groups in total.